The Labute approximate surface area is 96.9 Å². The fraction of sp³-hybridized carbons (Fsp3) is 0.692. The van der Waals surface area contributed by atoms with E-state index >= 15 is 0 Å². The van der Waals surface area contributed by atoms with Gasteiger partial charge in [-0.15, -0.1) is 11.3 Å². The van der Waals surface area contributed by atoms with E-state index in [0.717, 1.165) is 12.5 Å². The molecule has 1 nitrogen and oxygen atoms in total. The highest BCUT2D eigenvalue weighted by atomic mass is 32.1. The highest BCUT2D eigenvalue weighted by Crippen LogP contribution is 2.28. The van der Waals surface area contributed by atoms with E-state index in [1.54, 1.807) is 0 Å². The third kappa shape index (κ3) is 3.62. The average molecular weight is 223 g/mol. The van der Waals surface area contributed by atoms with Gasteiger partial charge in [0.2, 0.25) is 0 Å². The molecule has 1 aromatic rings. The van der Waals surface area contributed by atoms with E-state index < -0.39 is 0 Å². The van der Waals surface area contributed by atoms with Crippen molar-refractivity contribution < 1.29 is 0 Å². The van der Waals surface area contributed by atoms with E-state index in [1.807, 2.05) is 11.3 Å². The summed E-state index contributed by atoms with van der Waals surface area (Å²) in [5, 5.41) is 5.77. The molecule has 84 valence electrons. The summed E-state index contributed by atoms with van der Waals surface area (Å²) in [4.78, 5) is 1.45. The van der Waals surface area contributed by atoms with Crippen molar-refractivity contribution in [2.75, 3.05) is 0 Å². The summed E-state index contributed by atoms with van der Waals surface area (Å²) in [5.74, 6) is 0.996. The van der Waals surface area contributed by atoms with Gasteiger partial charge in [0.25, 0.3) is 0 Å². The van der Waals surface area contributed by atoms with Gasteiger partial charge in [-0.3, -0.25) is 0 Å². The molecule has 2 rings (SSSR count). The lowest BCUT2D eigenvalue weighted by atomic mass is 9.99. The van der Waals surface area contributed by atoms with Gasteiger partial charge in [0, 0.05) is 17.5 Å². The fourth-order valence-corrected chi connectivity index (χ4v) is 3.17. The second-order valence-electron chi connectivity index (χ2n) is 4.75. The van der Waals surface area contributed by atoms with Crippen LogP contribution in [-0.4, -0.2) is 6.04 Å². The van der Waals surface area contributed by atoms with Crippen molar-refractivity contribution in [1.29, 1.82) is 0 Å². The molecule has 0 amide bonds. The van der Waals surface area contributed by atoms with Crippen LogP contribution in [0.2, 0.25) is 0 Å². The summed E-state index contributed by atoms with van der Waals surface area (Å²) in [6.07, 6.45) is 7.21. The lowest BCUT2D eigenvalue weighted by molar-refractivity contribution is 0.405. The molecule has 1 atom stereocenters. The van der Waals surface area contributed by atoms with E-state index in [2.05, 4.69) is 29.8 Å². The topological polar surface area (TPSA) is 12.0 Å². The molecule has 1 fully saturated rings. The maximum Gasteiger partial charge on any atom is 0.0302 e. The molecule has 0 saturated heterocycles. The van der Waals surface area contributed by atoms with Crippen LogP contribution in [0.4, 0.5) is 0 Å². The zero-order valence-corrected chi connectivity index (χ0v) is 10.4. The van der Waals surface area contributed by atoms with Crippen LogP contribution in [-0.2, 0) is 6.54 Å². The average Bonchev–Trinajstić information content (AvgIpc) is 2.86. The van der Waals surface area contributed by atoms with Crippen LogP contribution >= 0.6 is 11.3 Å². The molecule has 2 heteroatoms. The SMILES string of the molecule is CC(CC1CCCC1)NCc1cccs1. The first-order chi connectivity index (χ1) is 7.34. The first-order valence-electron chi connectivity index (χ1n) is 6.10. The third-order valence-electron chi connectivity index (χ3n) is 3.37. The van der Waals surface area contributed by atoms with E-state index in [0.29, 0.717) is 6.04 Å². The van der Waals surface area contributed by atoms with Crippen LogP contribution < -0.4 is 5.32 Å². The van der Waals surface area contributed by atoms with Gasteiger partial charge in [-0.25, -0.2) is 0 Å². The van der Waals surface area contributed by atoms with Gasteiger partial charge in [-0.1, -0.05) is 31.7 Å². The van der Waals surface area contributed by atoms with Gasteiger partial charge in [0.1, 0.15) is 0 Å². The monoisotopic (exact) mass is 223 g/mol. The smallest absolute Gasteiger partial charge is 0.0302 e. The highest BCUT2D eigenvalue weighted by Gasteiger charge is 2.17. The molecule has 1 N–H and O–H groups in total. The van der Waals surface area contributed by atoms with Crippen LogP contribution in [0.15, 0.2) is 17.5 Å². The lowest BCUT2D eigenvalue weighted by Crippen LogP contribution is -2.27. The quantitative estimate of drug-likeness (QED) is 0.800. The molecule has 0 spiro atoms. The molecule has 0 bridgehead atoms. The van der Waals surface area contributed by atoms with E-state index in [1.165, 1.54) is 37.0 Å². The van der Waals surface area contributed by atoms with E-state index in [-0.39, 0.29) is 0 Å². The predicted molar refractivity (Wildman–Crippen MR) is 67.2 cm³/mol. The van der Waals surface area contributed by atoms with E-state index in [4.69, 9.17) is 0 Å². The second kappa shape index (κ2) is 5.66. The number of hydrogen-bond donors (Lipinski definition) is 1. The Morgan fingerprint density at radius 1 is 1.47 bits per heavy atom. The molecule has 1 saturated carbocycles. The van der Waals surface area contributed by atoms with Crippen molar-refractivity contribution in [3.8, 4) is 0 Å². The molecule has 1 aromatic heterocycles. The summed E-state index contributed by atoms with van der Waals surface area (Å²) in [6.45, 7) is 3.37. The highest BCUT2D eigenvalue weighted by molar-refractivity contribution is 7.09. The van der Waals surface area contributed by atoms with Crippen LogP contribution in [0, 0.1) is 5.92 Å². The number of hydrogen-bond acceptors (Lipinski definition) is 2. The first-order valence-corrected chi connectivity index (χ1v) is 6.98. The standard InChI is InChI=1S/C13H21NS/c1-11(9-12-5-2-3-6-12)14-10-13-7-4-8-15-13/h4,7-8,11-12,14H,2-3,5-6,9-10H2,1H3. The largest absolute Gasteiger partial charge is 0.309 e. The van der Waals surface area contributed by atoms with Crippen molar-refractivity contribution >= 4 is 11.3 Å². The first kappa shape index (κ1) is 11.2. The minimum absolute atomic E-state index is 0.676. The molecule has 0 radical (unpaired) electrons. The van der Waals surface area contributed by atoms with Gasteiger partial charge < -0.3 is 5.32 Å². The van der Waals surface area contributed by atoms with Gasteiger partial charge in [-0.2, -0.15) is 0 Å². The van der Waals surface area contributed by atoms with Gasteiger partial charge in [-0.05, 0) is 30.7 Å². The third-order valence-corrected chi connectivity index (χ3v) is 4.24. The normalized spacial score (nSPS) is 19.5. The second-order valence-corrected chi connectivity index (χ2v) is 5.78. The van der Waals surface area contributed by atoms with Crippen molar-refractivity contribution in [3.05, 3.63) is 22.4 Å². The fourth-order valence-electron chi connectivity index (χ4n) is 2.52. The molecule has 1 heterocycles. The number of rotatable bonds is 5. The van der Waals surface area contributed by atoms with Gasteiger partial charge in [0.05, 0.1) is 0 Å². The molecule has 0 aromatic carbocycles. The predicted octanol–water partition coefficient (Wildman–Crippen LogP) is 3.81. The Kier molecular flexibility index (Phi) is 4.21. The Balaban J connectivity index is 1.66. The molecule has 1 aliphatic carbocycles. The van der Waals surface area contributed by atoms with Gasteiger partial charge in [0.15, 0.2) is 0 Å². The minimum atomic E-state index is 0.676. The van der Waals surface area contributed by atoms with Crippen LogP contribution in [0.3, 0.4) is 0 Å². The zero-order valence-electron chi connectivity index (χ0n) is 9.54. The molecular weight excluding hydrogens is 202 g/mol. The Morgan fingerprint density at radius 2 is 2.27 bits per heavy atom. The van der Waals surface area contributed by atoms with Crippen LogP contribution in [0.25, 0.3) is 0 Å². The van der Waals surface area contributed by atoms with Crippen molar-refractivity contribution in [2.45, 2.75) is 51.6 Å². The molecule has 1 unspecified atom stereocenters. The van der Waals surface area contributed by atoms with Gasteiger partial charge >= 0.3 is 0 Å². The van der Waals surface area contributed by atoms with Crippen molar-refractivity contribution in [2.24, 2.45) is 5.92 Å². The van der Waals surface area contributed by atoms with Crippen molar-refractivity contribution in [1.82, 2.24) is 5.32 Å². The molecular formula is C13H21NS. The maximum atomic E-state index is 3.62. The van der Waals surface area contributed by atoms with Crippen molar-refractivity contribution in [3.63, 3.8) is 0 Å². The minimum Gasteiger partial charge on any atom is -0.309 e. The summed E-state index contributed by atoms with van der Waals surface area (Å²) in [5.41, 5.74) is 0. The van der Waals surface area contributed by atoms with Crippen LogP contribution in [0.1, 0.15) is 43.9 Å². The number of nitrogens with one attached hydrogen (secondary N) is 1. The molecule has 1 aliphatic rings. The summed E-state index contributed by atoms with van der Waals surface area (Å²) < 4.78 is 0. The zero-order chi connectivity index (χ0) is 10.5. The summed E-state index contributed by atoms with van der Waals surface area (Å²) in [7, 11) is 0. The Hall–Kier alpha value is -0.340. The summed E-state index contributed by atoms with van der Waals surface area (Å²) >= 11 is 1.85. The van der Waals surface area contributed by atoms with Crippen LogP contribution in [0.5, 0.6) is 0 Å². The number of thiophene rings is 1. The molecule has 0 aliphatic heterocycles. The lowest BCUT2D eigenvalue weighted by Gasteiger charge is -2.17. The molecule has 15 heavy (non-hydrogen) atoms. The summed E-state index contributed by atoms with van der Waals surface area (Å²) in [6, 6.07) is 5.01. The Bertz CT molecular complexity index is 262. The van der Waals surface area contributed by atoms with E-state index in [9.17, 15) is 0 Å². The maximum absolute atomic E-state index is 3.62. The Morgan fingerprint density at radius 3 is 2.93 bits per heavy atom.